The van der Waals surface area contributed by atoms with Crippen LogP contribution >= 0.6 is 7.60 Å². The van der Waals surface area contributed by atoms with Crippen LogP contribution in [0, 0.1) is 0 Å². The Morgan fingerprint density at radius 3 is 2.25 bits per heavy atom. The van der Waals surface area contributed by atoms with Crippen molar-refractivity contribution < 1.29 is 27.5 Å². The molecule has 1 aromatic heterocycles. The number of benzene rings is 1. The maximum absolute atomic E-state index is 12.6. The summed E-state index contributed by atoms with van der Waals surface area (Å²) in [5.74, 6) is 1.10. The quantitative estimate of drug-likeness (QED) is 0.668. The molecule has 0 N–H and O–H groups in total. The van der Waals surface area contributed by atoms with Crippen LogP contribution in [0.2, 0.25) is 0 Å². The lowest BCUT2D eigenvalue weighted by Crippen LogP contribution is -2.06. The van der Waals surface area contributed by atoms with E-state index in [1.165, 1.54) is 14.2 Å². The predicted octanol–water partition coefficient (Wildman–Crippen LogP) is 3.58. The van der Waals surface area contributed by atoms with Crippen LogP contribution in [-0.2, 0) is 19.8 Å². The second-order valence-electron chi connectivity index (χ2n) is 4.90. The molecule has 2 rings (SSSR count). The first-order valence-electron chi connectivity index (χ1n) is 7.53. The summed E-state index contributed by atoms with van der Waals surface area (Å²) in [5, 5.41) is 0.863. The van der Waals surface area contributed by atoms with Gasteiger partial charge >= 0.3 is 13.2 Å². The molecule has 0 amide bonds. The number of fused-ring (bicyclic) bond motifs is 1. The van der Waals surface area contributed by atoms with E-state index in [-0.39, 0.29) is 25.1 Å². The van der Waals surface area contributed by atoms with Crippen LogP contribution in [0.5, 0.6) is 11.5 Å². The van der Waals surface area contributed by atoms with E-state index in [1.807, 2.05) is 0 Å². The zero-order valence-electron chi connectivity index (χ0n) is 14.2. The van der Waals surface area contributed by atoms with Gasteiger partial charge in [-0.25, -0.2) is 4.79 Å². The molecule has 0 saturated carbocycles. The van der Waals surface area contributed by atoms with E-state index in [2.05, 4.69) is 0 Å². The average molecular weight is 356 g/mol. The first-order chi connectivity index (χ1) is 11.5. The number of ether oxygens (including phenoxy) is 2. The molecule has 0 atom stereocenters. The molecule has 0 unspecified atom stereocenters. The van der Waals surface area contributed by atoms with Gasteiger partial charge in [0.1, 0.15) is 28.8 Å². The first kappa shape index (κ1) is 18.5. The van der Waals surface area contributed by atoms with E-state index < -0.39 is 13.2 Å². The Morgan fingerprint density at radius 1 is 1.04 bits per heavy atom. The van der Waals surface area contributed by atoms with Crippen LogP contribution in [-0.4, -0.2) is 27.4 Å². The fourth-order valence-corrected chi connectivity index (χ4v) is 3.97. The van der Waals surface area contributed by atoms with E-state index in [0.717, 1.165) is 0 Å². The van der Waals surface area contributed by atoms with Crippen LogP contribution in [0.3, 0.4) is 0 Å². The minimum absolute atomic E-state index is 0.126. The van der Waals surface area contributed by atoms with E-state index in [9.17, 15) is 9.36 Å². The van der Waals surface area contributed by atoms with Gasteiger partial charge in [0.25, 0.3) is 0 Å². The number of hydrogen-bond acceptors (Lipinski definition) is 7. The summed E-state index contributed by atoms with van der Waals surface area (Å²) >= 11 is 0. The normalized spacial score (nSPS) is 11.7. The first-order valence-corrected chi connectivity index (χ1v) is 9.26. The van der Waals surface area contributed by atoms with Crippen LogP contribution < -0.4 is 15.1 Å². The van der Waals surface area contributed by atoms with Gasteiger partial charge in [-0.15, -0.1) is 0 Å². The Morgan fingerprint density at radius 2 is 1.71 bits per heavy atom. The zero-order chi connectivity index (χ0) is 17.7. The highest BCUT2D eigenvalue weighted by Gasteiger charge is 2.26. The SMILES string of the molecule is CCOP(=O)(Cc1cc2cc(OC)cc(OC)c2c(=O)o1)OCC. The van der Waals surface area contributed by atoms with Gasteiger partial charge in [0.2, 0.25) is 0 Å². The Hall–Kier alpha value is -1.82. The van der Waals surface area contributed by atoms with Crippen molar-refractivity contribution in [1.29, 1.82) is 0 Å². The second-order valence-corrected chi connectivity index (χ2v) is 6.95. The summed E-state index contributed by atoms with van der Waals surface area (Å²) in [4.78, 5) is 12.3. The summed E-state index contributed by atoms with van der Waals surface area (Å²) < 4.78 is 38.8. The van der Waals surface area contributed by atoms with Gasteiger partial charge in [-0.3, -0.25) is 4.57 Å². The van der Waals surface area contributed by atoms with Gasteiger partial charge in [0.15, 0.2) is 0 Å². The van der Waals surface area contributed by atoms with Crippen LogP contribution in [0.1, 0.15) is 19.6 Å². The van der Waals surface area contributed by atoms with Crippen molar-refractivity contribution in [3.05, 3.63) is 34.4 Å². The van der Waals surface area contributed by atoms with Crippen LogP contribution in [0.15, 0.2) is 27.4 Å². The average Bonchev–Trinajstić information content (AvgIpc) is 2.53. The molecular weight excluding hydrogens is 335 g/mol. The van der Waals surface area contributed by atoms with E-state index >= 15 is 0 Å². The highest BCUT2D eigenvalue weighted by molar-refractivity contribution is 7.53. The summed E-state index contributed by atoms with van der Waals surface area (Å²) in [6.07, 6.45) is -0.126. The molecule has 8 heteroatoms. The van der Waals surface area contributed by atoms with Gasteiger partial charge in [0.05, 0.1) is 27.4 Å². The van der Waals surface area contributed by atoms with Crippen molar-refractivity contribution in [3.8, 4) is 11.5 Å². The monoisotopic (exact) mass is 356 g/mol. The lowest BCUT2D eigenvalue weighted by molar-refractivity contribution is 0.217. The Bertz CT molecular complexity index is 802. The third-order valence-corrected chi connectivity index (χ3v) is 5.31. The van der Waals surface area contributed by atoms with Gasteiger partial charge < -0.3 is 22.9 Å². The van der Waals surface area contributed by atoms with Crippen LogP contribution in [0.4, 0.5) is 0 Å². The van der Waals surface area contributed by atoms with Crippen molar-refractivity contribution in [2.45, 2.75) is 20.0 Å². The van der Waals surface area contributed by atoms with Gasteiger partial charge in [-0.2, -0.15) is 0 Å². The van der Waals surface area contributed by atoms with Gasteiger partial charge in [-0.1, -0.05) is 0 Å². The topological polar surface area (TPSA) is 84.2 Å². The molecule has 0 saturated heterocycles. The fraction of sp³-hybridized carbons (Fsp3) is 0.438. The van der Waals surface area contributed by atoms with Crippen molar-refractivity contribution in [1.82, 2.24) is 0 Å². The van der Waals surface area contributed by atoms with Gasteiger partial charge in [0, 0.05) is 6.07 Å². The molecular formula is C16H21O7P. The summed E-state index contributed by atoms with van der Waals surface area (Å²) in [6.45, 7) is 3.91. The van der Waals surface area contributed by atoms with Gasteiger partial charge in [-0.05, 0) is 31.4 Å². The largest absolute Gasteiger partial charge is 0.497 e. The molecule has 24 heavy (non-hydrogen) atoms. The molecule has 0 aliphatic heterocycles. The minimum Gasteiger partial charge on any atom is -0.497 e. The second kappa shape index (κ2) is 7.83. The van der Waals surface area contributed by atoms with E-state index in [0.29, 0.717) is 22.3 Å². The highest BCUT2D eigenvalue weighted by atomic mass is 31.2. The summed E-state index contributed by atoms with van der Waals surface area (Å²) in [5.41, 5.74) is -0.582. The van der Waals surface area contributed by atoms with Crippen molar-refractivity contribution in [2.75, 3.05) is 27.4 Å². The third-order valence-electron chi connectivity index (χ3n) is 3.31. The third kappa shape index (κ3) is 3.98. The maximum Gasteiger partial charge on any atom is 0.347 e. The lowest BCUT2D eigenvalue weighted by atomic mass is 10.1. The molecule has 132 valence electrons. The van der Waals surface area contributed by atoms with Crippen molar-refractivity contribution in [2.24, 2.45) is 0 Å². The number of hydrogen-bond donors (Lipinski definition) is 0. The highest BCUT2D eigenvalue weighted by Crippen LogP contribution is 2.51. The molecule has 1 heterocycles. The minimum atomic E-state index is -3.37. The van der Waals surface area contributed by atoms with Crippen LogP contribution in [0.25, 0.3) is 10.8 Å². The molecule has 2 aromatic rings. The Balaban J connectivity index is 2.53. The fourth-order valence-electron chi connectivity index (χ4n) is 2.39. The Labute approximate surface area is 140 Å². The maximum atomic E-state index is 12.6. The van der Waals surface area contributed by atoms with E-state index in [1.54, 1.807) is 32.0 Å². The molecule has 0 bridgehead atoms. The van der Waals surface area contributed by atoms with Crippen molar-refractivity contribution >= 4 is 18.4 Å². The smallest absolute Gasteiger partial charge is 0.347 e. The molecule has 7 nitrogen and oxygen atoms in total. The summed E-state index contributed by atoms with van der Waals surface area (Å²) in [7, 11) is -0.394. The molecule has 0 aliphatic carbocycles. The summed E-state index contributed by atoms with van der Waals surface area (Å²) in [6, 6.07) is 4.90. The Kier molecular flexibility index (Phi) is 6.04. The number of methoxy groups -OCH3 is 2. The predicted molar refractivity (Wildman–Crippen MR) is 90.2 cm³/mol. The molecule has 1 aromatic carbocycles. The van der Waals surface area contributed by atoms with Crippen molar-refractivity contribution in [3.63, 3.8) is 0 Å². The lowest BCUT2D eigenvalue weighted by Gasteiger charge is -2.16. The molecule has 0 fully saturated rings. The molecule has 0 aliphatic rings. The molecule has 0 radical (unpaired) electrons. The van der Waals surface area contributed by atoms with E-state index in [4.69, 9.17) is 22.9 Å². The standard InChI is InChI=1S/C16H21O7P/c1-5-21-24(18,22-6-2)10-13-8-11-7-12(19-3)9-14(20-4)15(11)16(17)23-13/h7-9H,5-6,10H2,1-4H3. The number of rotatable bonds is 8. The molecule has 0 spiro atoms. The zero-order valence-corrected chi connectivity index (χ0v) is 15.1.